The van der Waals surface area contributed by atoms with Gasteiger partial charge in [0.1, 0.15) is 12.4 Å². The molecule has 0 saturated heterocycles. The second-order valence-corrected chi connectivity index (χ2v) is 9.96. The van der Waals surface area contributed by atoms with Crippen molar-refractivity contribution < 1.29 is 4.57 Å². The molecule has 3 aromatic rings. The summed E-state index contributed by atoms with van der Waals surface area (Å²) >= 11 is 6.01. The van der Waals surface area contributed by atoms with Gasteiger partial charge >= 0.3 is 5.82 Å². The molecule has 3 rings (SSSR count). The summed E-state index contributed by atoms with van der Waals surface area (Å²) in [6.45, 7) is 7.57. The van der Waals surface area contributed by atoms with Crippen molar-refractivity contribution in [2.24, 2.45) is 0 Å². The number of benzene rings is 1. The normalized spacial score (nSPS) is 11.6. The van der Waals surface area contributed by atoms with Gasteiger partial charge in [-0.05, 0) is 37.0 Å². The van der Waals surface area contributed by atoms with Crippen LogP contribution in [0.5, 0.6) is 0 Å². The van der Waals surface area contributed by atoms with Gasteiger partial charge in [0.15, 0.2) is 0 Å². The first-order chi connectivity index (χ1) is 17.2. The predicted octanol–water partition coefficient (Wildman–Crippen LogP) is 8.34. The summed E-state index contributed by atoms with van der Waals surface area (Å²) in [7, 11) is 0. The van der Waals surface area contributed by atoms with Crippen LogP contribution in [0, 0.1) is 0 Å². The zero-order chi connectivity index (χ0) is 24.7. The van der Waals surface area contributed by atoms with Gasteiger partial charge in [-0.1, -0.05) is 94.7 Å². The maximum absolute atomic E-state index is 6.01. The fraction of sp³-hybridized carbons (Fsp3) is 0.533. The maximum atomic E-state index is 6.01. The Bertz CT molecular complexity index is 1000. The van der Waals surface area contributed by atoms with Crippen LogP contribution in [0.15, 0.2) is 55.1 Å². The van der Waals surface area contributed by atoms with Gasteiger partial charge in [-0.15, -0.1) is 0 Å². The predicted molar refractivity (Wildman–Crippen MR) is 148 cm³/mol. The Morgan fingerprint density at radius 2 is 1.54 bits per heavy atom. The lowest BCUT2D eigenvalue weighted by Gasteiger charge is -2.09. The third-order valence-electron chi connectivity index (χ3n) is 6.61. The van der Waals surface area contributed by atoms with Crippen LogP contribution in [-0.4, -0.2) is 14.1 Å². The molecule has 0 N–H and O–H groups in total. The van der Waals surface area contributed by atoms with Gasteiger partial charge in [-0.3, -0.25) is 0 Å². The van der Waals surface area contributed by atoms with Crippen LogP contribution < -0.4 is 4.57 Å². The minimum Gasteiger partial charge on any atom is -0.325 e. The number of halogens is 1. The van der Waals surface area contributed by atoms with E-state index < -0.39 is 0 Å². The van der Waals surface area contributed by atoms with Gasteiger partial charge in [-0.25, -0.2) is 14.1 Å². The first-order valence-electron chi connectivity index (χ1n) is 13.7. The third-order valence-corrected chi connectivity index (χ3v) is 6.86. The summed E-state index contributed by atoms with van der Waals surface area (Å²) in [5, 5.41) is 0.777. The van der Waals surface area contributed by atoms with Crippen LogP contribution >= 0.6 is 11.6 Å². The Morgan fingerprint density at radius 1 is 0.829 bits per heavy atom. The van der Waals surface area contributed by atoms with E-state index in [9.17, 15) is 0 Å². The molecule has 0 aliphatic rings. The summed E-state index contributed by atoms with van der Waals surface area (Å²) in [6, 6.07) is 8.00. The van der Waals surface area contributed by atoms with E-state index in [-0.39, 0.29) is 0 Å². The minimum absolute atomic E-state index is 0.777. The molecule has 2 aromatic heterocycles. The Hall–Kier alpha value is -2.33. The smallest absolute Gasteiger partial charge is 0.325 e. The fourth-order valence-electron chi connectivity index (χ4n) is 4.56. The van der Waals surface area contributed by atoms with Gasteiger partial charge in [0, 0.05) is 30.4 Å². The van der Waals surface area contributed by atoms with Crippen LogP contribution in [0.3, 0.4) is 0 Å². The van der Waals surface area contributed by atoms with Crippen molar-refractivity contribution in [3.63, 3.8) is 0 Å². The molecular formula is C30H44ClN4+. The van der Waals surface area contributed by atoms with Crippen molar-refractivity contribution in [2.75, 3.05) is 0 Å². The quantitative estimate of drug-likeness (QED) is 0.136. The van der Waals surface area contributed by atoms with Gasteiger partial charge < -0.3 is 4.57 Å². The van der Waals surface area contributed by atoms with Crippen molar-refractivity contribution in [1.82, 2.24) is 14.1 Å². The van der Waals surface area contributed by atoms with Gasteiger partial charge in [0.2, 0.25) is 5.82 Å². The van der Waals surface area contributed by atoms with Crippen LogP contribution in [0.1, 0.15) is 90.0 Å². The molecule has 0 fully saturated rings. The molecule has 0 radical (unpaired) electrons. The lowest BCUT2D eigenvalue weighted by molar-refractivity contribution is -0.686. The van der Waals surface area contributed by atoms with Gasteiger partial charge in [0.05, 0.1) is 13.1 Å². The number of nitrogens with zero attached hydrogens (tertiary/aromatic N) is 4. The van der Waals surface area contributed by atoms with Crippen molar-refractivity contribution in [2.45, 2.75) is 104 Å². The molecule has 35 heavy (non-hydrogen) atoms. The van der Waals surface area contributed by atoms with E-state index in [0.717, 1.165) is 36.9 Å². The number of unbranched alkanes of at least 4 members (excludes halogenated alkanes) is 8. The fourth-order valence-corrected chi connectivity index (χ4v) is 4.69. The molecule has 0 amide bonds. The van der Waals surface area contributed by atoms with Crippen molar-refractivity contribution in [1.29, 1.82) is 0 Å². The molecule has 0 unspecified atom stereocenters. The van der Waals surface area contributed by atoms with Crippen molar-refractivity contribution >= 4 is 17.7 Å². The molecular weight excluding hydrogens is 452 g/mol. The highest BCUT2D eigenvalue weighted by molar-refractivity contribution is 6.30. The van der Waals surface area contributed by atoms with E-state index in [1.54, 1.807) is 0 Å². The van der Waals surface area contributed by atoms with Crippen LogP contribution in [0.4, 0.5) is 0 Å². The summed E-state index contributed by atoms with van der Waals surface area (Å²) in [6.07, 6.45) is 26.9. The summed E-state index contributed by atoms with van der Waals surface area (Å²) in [4.78, 5) is 4.83. The Labute approximate surface area is 217 Å². The molecule has 0 atom stereocenters. The molecule has 1 aromatic carbocycles. The minimum atomic E-state index is 0.777. The van der Waals surface area contributed by atoms with E-state index in [4.69, 9.17) is 16.6 Å². The molecule has 0 saturated carbocycles. The van der Waals surface area contributed by atoms with Crippen LogP contribution in [0.25, 0.3) is 17.7 Å². The summed E-state index contributed by atoms with van der Waals surface area (Å²) in [5.74, 6) is 2.33. The van der Waals surface area contributed by atoms with E-state index >= 15 is 0 Å². The zero-order valence-corrected chi connectivity index (χ0v) is 22.6. The molecule has 0 aliphatic heterocycles. The number of imidazole rings is 2. The highest BCUT2D eigenvalue weighted by Crippen LogP contribution is 2.18. The maximum Gasteiger partial charge on any atom is 0.325 e. The van der Waals surface area contributed by atoms with Gasteiger partial charge in [0.25, 0.3) is 0 Å². The first-order valence-corrected chi connectivity index (χ1v) is 14.1. The molecule has 2 heterocycles. The van der Waals surface area contributed by atoms with E-state index in [1.165, 1.54) is 75.6 Å². The van der Waals surface area contributed by atoms with Crippen LogP contribution in [-0.2, 0) is 19.6 Å². The average molecular weight is 496 g/mol. The number of hydrogen-bond acceptors (Lipinski definition) is 1. The second kappa shape index (κ2) is 15.6. The average Bonchev–Trinajstić information content (AvgIpc) is 3.49. The zero-order valence-electron chi connectivity index (χ0n) is 21.8. The van der Waals surface area contributed by atoms with E-state index in [0.29, 0.717) is 0 Å². The number of allylic oxidation sites excluding steroid dienone is 1. The molecule has 0 spiro atoms. The molecule has 190 valence electrons. The number of hydrogen-bond donors (Lipinski definition) is 0. The number of aromatic nitrogens is 4. The standard InChI is InChI=1S/C30H44ClN4/c1-3-5-7-9-12-21-33-24-20-32-29(33)30-34(22-13-10-8-6-4-2)25-26-35(30)23-14-11-15-27-16-18-28(31)19-17-27/h11,15-20,24-26H,3-10,12-14,21-23H2,1-2H3/q+1/b15-11+. The summed E-state index contributed by atoms with van der Waals surface area (Å²) in [5.41, 5.74) is 1.18. The molecule has 0 aliphatic carbocycles. The van der Waals surface area contributed by atoms with Crippen LogP contribution in [0.2, 0.25) is 5.02 Å². The Kier molecular flexibility index (Phi) is 12.2. The summed E-state index contributed by atoms with van der Waals surface area (Å²) < 4.78 is 7.16. The third kappa shape index (κ3) is 9.00. The van der Waals surface area contributed by atoms with Gasteiger partial charge in [-0.2, -0.15) is 0 Å². The second-order valence-electron chi connectivity index (χ2n) is 9.52. The number of aryl methyl sites for hydroxylation is 3. The monoisotopic (exact) mass is 495 g/mol. The molecule has 0 bridgehead atoms. The topological polar surface area (TPSA) is 26.6 Å². The van der Waals surface area contributed by atoms with E-state index in [1.807, 2.05) is 18.3 Å². The van der Waals surface area contributed by atoms with Crippen molar-refractivity contribution in [3.05, 3.63) is 65.7 Å². The lowest BCUT2D eigenvalue weighted by Crippen LogP contribution is -2.35. The Morgan fingerprint density at radius 3 is 2.29 bits per heavy atom. The molecule has 4 nitrogen and oxygen atoms in total. The molecule has 5 heteroatoms. The van der Waals surface area contributed by atoms with E-state index in [2.05, 4.69) is 70.4 Å². The Balaban J connectivity index is 1.70. The SMILES string of the molecule is CCCCCCCn1ccnc1-c1n(CC/C=C/c2ccc(Cl)cc2)cc[n+]1CCCCCCC. The highest BCUT2D eigenvalue weighted by Gasteiger charge is 2.23. The highest BCUT2D eigenvalue weighted by atomic mass is 35.5. The largest absolute Gasteiger partial charge is 0.325 e. The van der Waals surface area contributed by atoms with Crippen molar-refractivity contribution in [3.8, 4) is 11.6 Å². The lowest BCUT2D eigenvalue weighted by atomic mass is 10.1. The first kappa shape index (κ1) is 27.3. The number of rotatable bonds is 17.